The summed E-state index contributed by atoms with van der Waals surface area (Å²) in [6.45, 7) is 0. The minimum absolute atomic E-state index is 0.201. The van der Waals surface area contributed by atoms with Crippen LogP contribution < -0.4 is 5.32 Å². The van der Waals surface area contributed by atoms with Gasteiger partial charge in [-0.1, -0.05) is 60.7 Å². The minimum Gasteiger partial charge on any atom is -0.386 e. The van der Waals surface area contributed by atoms with E-state index in [1.807, 2.05) is 65.6 Å². The fourth-order valence-corrected chi connectivity index (χ4v) is 3.36. The van der Waals surface area contributed by atoms with Gasteiger partial charge >= 0.3 is 0 Å². The van der Waals surface area contributed by atoms with Crippen molar-refractivity contribution in [1.82, 2.24) is 20.0 Å². The number of aliphatic hydroxyl groups excluding tert-OH is 1. The molecule has 0 fully saturated rings. The molecule has 0 saturated heterocycles. The quantitative estimate of drug-likeness (QED) is 0.734. The molecule has 0 saturated carbocycles. The second kappa shape index (κ2) is 7.47. The molecule has 1 amide bonds. The largest absolute Gasteiger partial charge is 0.386 e. The summed E-state index contributed by atoms with van der Waals surface area (Å²) in [6, 6.07) is 20.7. The van der Waals surface area contributed by atoms with Crippen LogP contribution in [-0.2, 0) is 4.79 Å². The van der Waals surface area contributed by atoms with Crippen LogP contribution in [0.2, 0.25) is 0 Å². The van der Waals surface area contributed by atoms with E-state index in [1.165, 1.54) is 6.08 Å². The number of rotatable bonds is 5. The molecule has 1 aliphatic rings. The van der Waals surface area contributed by atoms with E-state index in [4.69, 9.17) is 0 Å². The van der Waals surface area contributed by atoms with Gasteiger partial charge in [0.05, 0.1) is 6.04 Å². The Morgan fingerprint density at radius 3 is 2.26 bits per heavy atom. The zero-order chi connectivity index (χ0) is 18.6. The van der Waals surface area contributed by atoms with Crippen molar-refractivity contribution in [2.24, 2.45) is 0 Å². The molecule has 1 aliphatic heterocycles. The van der Waals surface area contributed by atoms with Gasteiger partial charge in [-0.25, -0.2) is 4.68 Å². The third-order valence-electron chi connectivity index (χ3n) is 4.63. The molecule has 1 aromatic heterocycles. The number of benzene rings is 2. The molecule has 0 spiro atoms. The van der Waals surface area contributed by atoms with Gasteiger partial charge in [-0.05, 0) is 17.2 Å². The van der Waals surface area contributed by atoms with Crippen molar-refractivity contribution in [1.29, 1.82) is 0 Å². The topological polar surface area (TPSA) is 70.4 Å². The van der Waals surface area contributed by atoms with Gasteiger partial charge in [-0.3, -0.25) is 4.79 Å². The Morgan fingerprint density at radius 1 is 0.963 bits per heavy atom. The lowest BCUT2D eigenvalue weighted by atomic mass is 9.94. The van der Waals surface area contributed by atoms with Crippen molar-refractivity contribution in [2.45, 2.75) is 18.4 Å². The van der Waals surface area contributed by atoms with E-state index >= 15 is 0 Å². The molecule has 27 heavy (non-hydrogen) atoms. The van der Waals surface area contributed by atoms with Gasteiger partial charge in [0.2, 0.25) is 12.2 Å². The van der Waals surface area contributed by atoms with Gasteiger partial charge in [0.15, 0.2) is 0 Å². The normalized spacial score (nSPS) is 18.8. The molecule has 1 unspecified atom stereocenters. The number of carbonyl (C=O) groups excluding carboxylic acids is 1. The molecule has 6 nitrogen and oxygen atoms in total. The van der Waals surface area contributed by atoms with Crippen molar-refractivity contribution < 1.29 is 9.90 Å². The van der Waals surface area contributed by atoms with Crippen LogP contribution in [0, 0.1) is 0 Å². The Balaban J connectivity index is 1.79. The van der Waals surface area contributed by atoms with Crippen LogP contribution in [-0.4, -0.2) is 25.7 Å². The monoisotopic (exact) mass is 360 g/mol. The molecule has 0 bridgehead atoms. The number of carbonyl (C=O) groups is 1. The van der Waals surface area contributed by atoms with E-state index in [0.717, 1.165) is 11.1 Å². The molecule has 3 atom stereocenters. The van der Waals surface area contributed by atoms with Crippen molar-refractivity contribution in [3.63, 3.8) is 0 Å². The highest BCUT2D eigenvalue weighted by Gasteiger charge is 2.35. The maximum Gasteiger partial charge on any atom is 0.248 e. The lowest BCUT2D eigenvalue weighted by Crippen LogP contribution is -2.47. The van der Waals surface area contributed by atoms with Crippen LogP contribution in [0.1, 0.15) is 29.6 Å². The second-order valence-corrected chi connectivity index (χ2v) is 6.34. The van der Waals surface area contributed by atoms with Crippen LogP contribution in [0.25, 0.3) is 0 Å². The summed E-state index contributed by atoms with van der Waals surface area (Å²) < 4.78 is 1.66. The molecule has 0 aliphatic carbocycles. The second-order valence-electron chi connectivity index (χ2n) is 6.34. The summed E-state index contributed by atoms with van der Waals surface area (Å²) in [7, 11) is 0. The van der Waals surface area contributed by atoms with Crippen LogP contribution in [0.3, 0.4) is 0 Å². The van der Waals surface area contributed by atoms with E-state index in [1.54, 1.807) is 29.3 Å². The number of hydrogen-bond donors (Lipinski definition) is 2. The molecule has 3 aromatic rings. The van der Waals surface area contributed by atoms with Crippen molar-refractivity contribution in [2.75, 3.05) is 0 Å². The number of aliphatic hydroxyl groups is 1. The van der Waals surface area contributed by atoms with Gasteiger partial charge in [0, 0.05) is 24.7 Å². The predicted octanol–water partition coefficient (Wildman–Crippen LogP) is 2.76. The number of nitrogens with zero attached hydrogens (tertiary/aromatic N) is 3. The van der Waals surface area contributed by atoms with Gasteiger partial charge in [0.25, 0.3) is 0 Å². The first-order valence-electron chi connectivity index (χ1n) is 8.77. The summed E-state index contributed by atoms with van der Waals surface area (Å²) >= 11 is 0. The average Bonchev–Trinajstić information content (AvgIpc) is 3.25. The summed E-state index contributed by atoms with van der Waals surface area (Å²) in [5.74, 6) is -0.201. The highest BCUT2D eigenvalue weighted by molar-refractivity contribution is 5.88. The van der Waals surface area contributed by atoms with Gasteiger partial charge in [-0.2, -0.15) is 5.10 Å². The Labute approximate surface area is 157 Å². The smallest absolute Gasteiger partial charge is 0.248 e. The highest BCUT2D eigenvalue weighted by atomic mass is 16.3. The van der Waals surface area contributed by atoms with E-state index in [0.29, 0.717) is 0 Å². The number of amides is 1. The van der Waals surface area contributed by atoms with Gasteiger partial charge in [-0.15, -0.1) is 0 Å². The highest BCUT2D eigenvalue weighted by Crippen LogP contribution is 2.38. The zero-order valence-corrected chi connectivity index (χ0v) is 14.6. The lowest BCUT2D eigenvalue weighted by molar-refractivity contribution is -0.122. The van der Waals surface area contributed by atoms with Crippen molar-refractivity contribution in [3.05, 3.63) is 103 Å². The molecule has 4 rings (SSSR count). The number of aromatic nitrogens is 2. The number of hydrogen-bond acceptors (Lipinski definition) is 4. The summed E-state index contributed by atoms with van der Waals surface area (Å²) in [4.78, 5) is 13.9. The third kappa shape index (κ3) is 3.47. The standard InChI is InChI=1S/C21H20N4O2/c26-18-12-15-24(21(23-18)25-14-7-13-22-25)19(16-8-3-1-4-9-16)20(27)17-10-5-2-6-11-17/h1-15,19-21,27H,(H,23,26)/t19-,20+,21?/m1/s1. The van der Waals surface area contributed by atoms with Crippen LogP contribution in [0.5, 0.6) is 0 Å². The summed E-state index contributed by atoms with van der Waals surface area (Å²) in [5.41, 5.74) is 1.74. The van der Waals surface area contributed by atoms with Crippen LogP contribution in [0.4, 0.5) is 0 Å². The molecule has 6 heteroatoms. The summed E-state index contributed by atoms with van der Waals surface area (Å²) in [6.07, 6.45) is 5.29. The Kier molecular flexibility index (Phi) is 4.72. The summed E-state index contributed by atoms with van der Waals surface area (Å²) in [5, 5.41) is 18.4. The first-order valence-corrected chi connectivity index (χ1v) is 8.77. The van der Waals surface area contributed by atoms with E-state index in [2.05, 4.69) is 10.4 Å². The zero-order valence-electron chi connectivity index (χ0n) is 14.6. The molecule has 2 aromatic carbocycles. The van der Waals surface area contributed by atoms with Crippen LogP contribution >= 0.6 is 0 Å². The molecule has 0 radical (unpaired) electrons. The molecule has 136 valence electrons. The SMILES string of the molecule is O=C1C=CN([C@H](c2ccccc2)[C@@H](O)c2ccccc2)C(n2cccn2)N1. The lowest BCUT2D eigenvalue weighted by Gasteiger charge is -2.41. The van der Waals surface area contributed by atoms with E-state index < -0.39 is 18.4 Å². The van der Waals surface area contributed by atoms with E-state index in [9.17, 15) is 9.90 Å². The fourth-order valence-electron chi connectivity index (χ4n) is 3.36. The first-order chi connectivity index (χ1) is 13.2. The van der Waals surface area contributed by atoms with Gasteiger partial charge in [0.1, 0.15) is 6.10 Å². The van der Waals surface area contributed by atoms with Crippen LogP contribution in [0.15, 0.2) is 91.4 Å². The van der Waals surface area contributed by atoms with Crippen molar-refractivity contribution in [3.8, 4) is 0 Å². The molecule has 2 N–H and O–H groups in total. The van der Waals surface area contributed by atoms with E-state index in [-0.39, 0.29) is 5.91 Å². The molecular formula is C21H20N4O2. The first kappa shape index (κ1) is 17.1. The minimum atomic E-state index is -0.800. The molecular weight excluding hydrogens is 340 g/mol. The maximum absolute atomic E-state index is 12.0. The van der Waals surface area contributed by atoms with Crippen molar-refractivity contribution >= 4 is 5.91 Å². The average molecular weight is 360 g/mol. The maximum atomic E-state index is 12.0. The Bertz CT molecular complexity index is 910. The Hall–Kier alpha value is -3.38. The van der Waals surface area contributed by atoms with Gasteiger partial charge < -0.3 is 15.3 Å². The fraction of sp³-hybridized carbons (Fsp3) is 0.143. The number of nitrogens with one attached hydrogen (secondary N) is 1. The Morgan fingerprint density at radius 2 is 1.63 bits per heavy atom. The molecule has 2 heterocycles. The third-order valence-corrected chi connectivity index (χ3v) is 4.63. The predicted molar refractivity (Wildman–Crippen MR) is 101 cm³/mol.